The highest BCUT2D eigenvalue weighted by atomic mass is 79.9. The van der Waals surface area contributed by atoms with Crippen molar-refractivity contribution in [3.05, 3.63) is 82.6 Å². The Morgan fingerprint density at radius 2 is 1.74 bits per heavy atom. The first-order valence-electron chi connectivity index (χ1n) is 13.6. The number of unbranched alkanes of at least 4 members (excludes halogenated alkanes) is 1. The van der Waals surface area contributed by atoms with Crippen LogP contribution in [0.25, 0.3) is 0 Å². The maximum atomic E-state index is 14.0. The lowest BCUT2D eigenvalue weighted by Crippen LogP contribution is -2.51. The van der Waals surface area contributed by atoms with Gasteiger partial charge < -0.3 is 19.7 Å². The van der Waals surface area contributed by atoms with Gasteiger partial charge in [0.05, 0.1) is 10.6 Å². The summed E-state index contributed by atoms with van der Waals surface area (Å²) >= 11 is 3.43. The van der Waals surface area contributed by atoms with Crippen molar-refractivity contribution in [1.82, 2.24) is 10.2 Å². The molecule has 0 saturated carbocycles. The van der Waals surface area contributed by atoms with Crippen LogP contribution in [0.4, 0.5) is 10.1 Å². The van der Waals surface area contributed by atoms with Gasteiger partial charge in [0.1, 0.15) is 31.6 Å². The highest BCUT2D eigenvalue weighted by molar-refractivity contribution is 9.10. The van der Waals surface area contributed by atoms with Crippen molar-refractivity contribution in [2.75, 3.05) is 30.6 Å². The van der Waals surface area contributed by atoms with Crippen molar-refractivity contribution in [2.24, 2.45) is 0 Å². The molecule has 3 aromatic rings. The van der Waals surface area contributed by atoms with Gasteiger partial charge in [0.15, 0.2) is 11.5 Å². The molecule has 2 amide bonds. The smallest absolute Gasteiger partial charge is 0.264 e. The van der Waals surface area contributed by atoms with Gasteiger partial charge in [0, 0.05) is 23.6 Å². The number of halogens is 2. The number of rotatable bonds is 12. The molecule has 0 radical (unpaired) electrons. The molecule has 12 heteroatoms. The van der Waals surface area contributed by atoms with E-state index in [1.165, 1.54) is 35.2 Å². The molecule has 1 aliphatic heterocycles. The Labute approximate surface area is 253 Å². The van der Waals surface area contributed by atoms with Crippen LogP contribution in [0.3, 0.4) is 0 Å². The molecule has 1 atom stereocenters. The molecule has 0 unspecified atom stereocenters. The van der Waals surface area contributed by atoms with Crippen LogP contribution in [0.5, 0.6) is 11.5 Å². The summed E-state index contributed by atoms with van der Waals surface area (Å²) in [6, 6.07) is 15.4. The lowest BCUT2D eigenvalue weighted by atomic mass is 10.1. The second-order valence-electron chi connectivity index (χ2n) is 9.77. The van der Waals surface area contributed by atoms with E-state index in [-0.39, 0.29) is 35.4 Å². The molecular formula is C30H33BrFN3O6S. The first kappa shape index (κ1) is 31.3. The van der Waals surface area contributed by atoms with E-state index in [4.69, 9.17) is 9.47 Å². The third kappa shape index (κ3) is 7.60. The number of ether oxygens (including phenoxy) is 2. The summed E-state index contributed by atoms with van der Waals surface area (Å²) in [6.07, 6.45) is 1.67. The Morgan fingerprint density at radius 1 is 1.02 bits per heavy atom. The SMILES string of the molecule is CCCCNC(=O)[C@@H](C)N(Cc1cccc(Br)c1)C(=O)CN(c1ccc(F)cc1)S(=O)(=O)c1ccc2c(c1)OCCO2. The van der Waals surface area contributed by atoms with E-state index in [2.05, 4.69) is 21.2 Å². The Bertz CT molecular complexity index is 1520. The minimum Gasteiger partial charge on any atom is -0.486 e. The van der Waals surface area contributed by atoms with Crippen LogP contribution >= 0.6 is 15.9 Å². The second kappa shape index (κ2) is 14.0. The lowest BCUT2D eigenvalue weighted by molar-refractivity contribution is -0.139. The summed E-state index contributed by atoms with van der Waals surface area (Å²) in [4.78, 5) is 28.2. The largest absolute Gasteiger partial charge is 0.486 e. The first-order valence-corrected chi connectivity index (χ1v) is 15.8. The number of hydrogen-bond acceptors (Lipinski definition) is 6. The number of nitrogens with zero attached hydrogens (tertiary/aromatic N) is 2. The van der Waals surface area contributed by atoms with E-state index in [9.17, 15) is 22.4 Å². The summed E-state index contributed by atoms with van der Waals surface area (Å²) in [7, 11) is -4.35. The molecule has 0 spiro atoms. The molecule has 4 rings (SSSR count). The van der Waals surface area contributed by atoms with E-state index in [1.807, 2.05) is 31.2 Å². The lowest BCUT2D eigenvalue weighted by Gasteiger charge is -2.32. The third-order valence-corrected chi connectivity index (χ3v) is 9.00. The summed E-state index contributed by atoms with van der Waals surface area (Å²) in [5.74, 6) is -0.849. The fraction of sp³-hybridized carbons (Fsp3) is 0.333. The molecule has 0 aromatic heterocycles. The first-order chi connectivity index (χ1) is 20.1. The average Bonchev–Trinajstić information content (AvgIpc) is 2.98. The maximum Gasteiger partial charge on any atom is 0.264 e. The molecule has 9 nitrogen and oxygen atoms in total. The fourth-order valence-electron chi connectivity index (χ4n) is 4.40. The number of nitrogens with one attached hydrogen (secondary N) is 1. The fourth-order valence-corrected chi connectivity index (χ4v) is 6.27. The molecule has 0 bridgehead atoms. The van der Waals surface area contributed by atoms with Gasteiger partial charge in [-0.05, 0) is 67.4 Å². The van der Waals surface area contributed by atoms with Gasteiger partial charge in [-0.2, -0.15) is 0 Å². The molecule has 42 heavy (non-hydrogen) atoms. The highest BCUT2D eigenvalue weighted by Gasteiger charge is 2.33. The normalized spacial score (nSPS) is 13.2. The van der Waals surface area contributed by atoms with Crippen molar-refractivity contribution < 1.29 is 31.9 Å². The molecule has 1 N–H and O–H groups in total. The van der Waals surface area contributed by atoms with E-state index in [0.29, 0.717) is 18.9 Å². The zero-order chi connectivity index (χ0) is 30.3. The summed E-state index contributed by atoms with van der Waals surface area (Å²) < 4.78 is 54.7. The number of carbonyl (C=O) groups excluding carboxylic acids is 2. The van der Waals surface area contributed by atoms with Crippen molar-refractivity contribution in [3.8, 4) is 11.5 Å². The van der Waals surface area contributed by atoms with Crippen LogP contribution in [-0.4, -0.2) is 57.5 Å². The van der Waals surface area contributed by atoms with Crippen LogP contribution < -0.4 is 19.1 Å². The van der Waals surface area contributed by atoms with E-state index < -0.39 is 34.3 Å². The van der Waals surface area contributed by atoms with E-state index in [0.717, 1.165) is 39.3 Å². The minimum absolute atomic E-state index is 0.0575. The van der Waals surface area contributed by atoms with Gasteiger partial charge in [0.25, 0.3) is 10.0 Å². The van der Waals surface area contributed by atoms with Gasteiger partial charge in [-0.1, -0.05) is 41.4 Å². The summed E-state index contributed by atoms with van der Waals surface area (Å²) in [6.45, 7) is 4.09. The van der Waals surface area contributed by atoms with Crippen LogP contribution in [-0.2, 0) is 26.2 Å². The zero-order valence-corrected chi connectivity index (χ0v) is 25.8. The van der Waals surface area contributed by atoms with Gasteiger partial charge in [-0.15, -0.1) is 0 Å². The number of anilines is 1. The number of benzene rings is 3. The van der Waals surface area contributed by atoms with Crippen LogP contribution in [0.2, 0.25) is 0 Å². The molecule has 1 aliphatic rings. The van der Waals surface area contributed by atoms with E-state index >= 15 is 0 Å². The molecule has 1 heterocycles. The minimum atomic E-state index is -4.35. The van der Waals surface area contributed by atoms with Gasteiger partial charge in [0.2, 0.25) is 11.8 Å². The number of hydrogen-bond donors (Lipinski definition) is 1. The Kier molecular flexibility index (Phi) is 10.4. The molecule has 3 aromatic carbocycles. The Hall–Kier alpha value is -3.64. The second-order valence-corrected chi connectivity index (χ2v) is 12.5. The number of sulfonamides is 1. The molecule has 0 fully saturated rings. The van der Waals surface area contributed by atoms with Gasteiger partial charge in [-0.25, -0.2) is 12.8 Å². The number of amides is 2. The van der Waals surface area contributed by atoms with Crippen molar-refractivity contribution in [1.29, 1.82) is 0 Å². The maximum absolute atomic E-state index is 14.0. The Balaban J connectivity index is 1.70. The quantitative estimate of drug-likeness (QED) is 0.277. The average molecular weight is 663 g/mol. The molecule has 0 aliphatic carbocycles. The monoisotopic (exact) mass is 661 g/mol. The van der Waals surface area contributed by atoms with Crippen molar-refractivity contribution >= 4 is 43.5 Å². The highest BCUT2D eigenvalue weighted by Crippen LogP contribution is 2.34. The molecule has 0 saturated heterocycles. The van der Waals surface area contributed by atoms with Gasteiger partial charge >= 0.3 is 0 Å². The molecular weight excluding hydrogens is 629 g/mol. The predicted octanol–water partition coefficient (Wildman–Crippen LogP) is 4.89. The predicted molar refractivity (Wildman–Crippen MR) is 160 cm³/mol. The Morgan fingerprint density at radius 3 is 2.43 bits per heavy atom. The zero-order valence-electron chi connectivity index (χ0n) is 23.4. The standard InChI is InChI=1S/C30H33BrFN3O6S/c1-3-4-14-33-30(37)21(2)34(19-22-6-5-7-23(31)17-22)29(36)20-35(25-10-8-24(32)9-11-25)42(38,39)26-12-13-27-28(18-26)41-16-15-40-27/h5-13,17-18,21H,3-4,14-16,19-20H2,1-2H3,(H,33,37)/t21-/m1/s1. The topological polar surface area (TPSA) is 105 Å². The van der Waals surface area contributed by atoms with Gasteiger partial charge in [-0.3, -0.25) is 13.9 Å². The molecule has 224 valence electrons. The van der Waals surface area contributed by atoms with Crippen molar-refractivity contribution in [3.63, 3.8) is 0 Å². The van der Waals surface area contributed by atoms with Crippen molar-refractivity contribution in [2.45, 2.75) is 44.2 Å². The number of carbonyl (C=O) groups is 2. The van der Waals surface area contributed by atoms with Crippen LogP contribution in [0.15, 0.2) is 76.1 Å². The number of fused-ring (bicyclic) bond motifs is 1. The third-order valence-electron chi connectivity index (χ3n) is 6.73. The summed E-state index contributed by atoms with van der Waals surface area (Å²) in [5.41, 5.74) is 0.830. The van der Waals surface area contributed by atoms with Crippen LogP contribution in [0, 0.1) is 5.82 Å². The van der Waals surface area contributed by atoms with Crippen LogP contribution in [0.1, 0.15) is 32.3 Å². The van der Waals surface area contributed by atoms with E-state index in [1.54, 1.807) is 6.92 Å². The summed E-state index contributed by atoms with van der Waals surface area (Å²) in [5, 5.41) is 2.85.